The first-order valence-corrected chi connectivity index (χ1v) is 11.5. The van der Waals surface area contributed by atoms with Crippen LogP contribution < -0.4 is 0 Å². The normalized spacial score (nSPS) is 28.2. The number of carbonyl (C=O) groups is 1. The number of fused-ring (bicyclic) bond motifs is 3. The fourth-order valence-electron chi connectivity index (χ4n) is 5.11. The molecule has 0 saturated carbocycles. The van der Waals surface area contributed by atoms with Gasteiger partial charge in [-0.2, -0.15) is 0 Å². The summed E-state index contributed by atoms with van der Waals surface area (Å²) >= 11 is 0. The van der Waals surface area contributed by atoms with Gasteiger partial charge in [0.15, 0.2) is 0 Å². The molecule has 1 aromatic heterocycles. The lowest BCUT2D eigenvalue weighted by Gasteiger charge is -2.44. The standard InChI is InChI=1S/C28H34N2O2/c1-20-14-15-25-21(2)10-9-13-26-22(3)24(16-28(25,4)29(5)17-20)18-30(26)27(31)32-19-23-11-7-6-8-12-23/h6-15,18,20,25H,16-17,19H2,1-5H3/b13-9-,21-10+. The first kappa shape index (κ1) is 22.3. The Bertz CT molecular complexity index is 1080. The summed E-state index contributed by atoms with van der Waals surface area (Å²) in [6.07, 6.45) is 13.5. The molecular weight excluding hydrogens is 396 g/mol. The minimum atomic E-state index is -0.341. The van der Waals surface area contributed by atoms with Gasteiger partial charge < -0.3 is 4.74 Å². The van der Waals surface area contributed by atoms with Crippen LogP contribution in [0, 0.1) is 18.8 Å². The summed E-state index contributed by atoms with van der Waals surface area (Å²) in [5.41, 5.74) is 5.45. The SMILES string of the molecule is C/C1=C\C=C/c2c(C)c(cn2C(=O)OCc2ccccc2)CC2(C)C1C=CC(C)CN2C. The molecule has 0 radical (unpaired) electrons. The summed E-state index contributed by atoms with van der Waals surface area (Å²) in [7, 11) is 2.23. The second kappa shape index (κ2) is 8.95. The highest BCUT2D eigenvalue weighted by Crippen LogP contribution is 2.39. The van der Waals surface area contributed by atoms with E-state index in [0.29, 0.717) is 11.8 Å². The van der Waals surface area contributed by atoms with Crippen molar-refractivity contribution in [2.24, 2.45) is 11.8 Å². The van der Waals surface area contributed by atoms with Gasteiger partial charge in [-0.05, 0) is 62.9 Å². The van der Waals surface area contributed by atoms with Crippen LogP contribution in [0.2, 0.25) is 0 Å². The predicted octanol–water partition coefficient (Wildman–Crippen LogP) is 6.01. The number of likely N-dealkylation sites (N-methyl/N-ethyl adjacent to an activating group) is 1. The smallest absolute Gasteiger partial charge is 0.418 e. The maximum atomic E-state index is 13.0. The predicted molar refractivity (Wildman–Crippen MR) is 131 cm³/mol. The Labute approximate surface area is 191 Å². The zero-order valence-corrected chi connectivity index (χ0v) is 19.8. The summed E-state index contributed by atoms with van der Waals surface area (Å²) in [4.78, 5) is 15.5. The lowest BCUT2D eigenvalue weighted by molar-refractivity contribution is 0.103. The van der Waals surface area contributed by atoms with Gasteiger partial charge in [-0.1, -0.05) is 67.1 Å². The van der Waals surface area contributed by atoms with E-state index in [1.807, 2.05) is 42.6 Å². The topological polar surface area (TPSA) is 34.5 Å². The summed E-state index contributed by atoms with van der Waals surface area (Å²) in [5.74, 6) is 0.809. The van der Waals surface area contributed by atoms with Gasteiger partial charge in [0, 0.05) is 24.2 Å². The van der Waals surface area contributed by atoms with E-state index in [-0.39, 0.29) is 18.2 Å². The van der Waals surface area contributed by atoms with E-state index >= 15 is 0 Å². The van der Waals surface area contributed by atoms with Crippen molar-refractivity contribution in [3.05, 3.63) is 88.8 Å². The molecule has 0 N–H and O–H groups in total. The van der Waals surface area contributed by atoms with Crippen LogP contribution in [0.3, 0.4) is 0 Å². The van der Waals surface area contributed by atoms with Gasteiger partial charge in [-0.15, -0.1) is 0 Å². The number of rotatable bonds is 2. The van der Waals surface area contributed by atoms with Gasteiger partial charge in [0.05, 0.1) is 5.69 Å². The molecule has 3 atom stereocenters. The van der Waals surface area contributed by atoms with Crippen LogP contribution in [0.1, 0.15) is 43.2 Å². The van der Waals surface area contributed by atoms with Crippen molar-refractivity contribution in [3.63, 3.8) is 0 Å². The minimum absolute atomic E-state index is 0.0881. The number of benzene rings is 1. The van der Waals surface area contributed by atoms with Crippen molar-refractivity contribution in [3.8, 4) is 0 Å². The Kier molecular flexibility index (Phi) is 6.25. The minimum Gasteiger partial charge on any atom is -0.444 e. The first-order valence-electron chi connectivity index (χ1n) is 11.5. The van der Waals surface area contributed by atoms with Gasteiger partial charge in [-0.3, -0.25) is 9.47 Å². The van der Waals surface area contributed by atoms with Crippen LogP contribution in [0.25, 0.3) is 6.08 Å². The van der Waals surface area contributed by atoms with E-state index in [4.69, 9.17) is 4.74 Å². The van der Waals surface area contributed by atoms with Crippen LogP contribution in [-0.4, -0.2) is 34.7 Å². The van der Waals surface area contributed by atoms with E-state index in [9.17, 15) is 4.79 Å². The van der Waals surface area contributed by atoms with Crippen LogP contribution in [0.5, 0.6) is 0 Å². The lowest BCUT2D eigenvalue weighted by Crippen LogP contribution is -2.51. The van der Waals surface area contributed by atoms with Crippen LogP contribution in [-0.2, 0) is 17.8 Å². The summed E-state index contributed by atoms with van der Waals surface area (Å²) < 4.78 is 7.33. The van der Waals surface area contributed by atoms with Gasteiger partial charge >= 0.3 is 6.09 Å². The fraction of sp³-hybridized carbons (Fsp3) is 0.393. The molecule has 1 aliphatic heterocycles. The van der Waals surface area contributed by atoms with E-state index in [1.54, 1.807) is 4.57 Å². The molecule has 1 aromatic carbocycles. The molecule has 2 aromatic rings. The quantitative estimate of drug-likeness (QED) is 0.547. The molecule has 2 aliphatic rings. The molecule has 32 heavy (non-hydrogen) atoms. The Balaban J connectivity index is 1.70. The van der Waals surface area contributed by atoms with Crippen LogP contribution in [0.4, 0.5) is 4.79 Å². The largest absolute Gasteiger partial charge is 0.444 e. The third-order valence-corrected chi connectivity index (χ3v) is 7.20. The first-order chi connectivity index (χ1) is 15.3. The number of nitrogens with zero attached hydrogens (tertiary/aromatic N) is 2. The Morgan fingerprint density at radius 3 is 2.69 bits per heavy atom. The number of ether oxygens (including phenoxy) is 1. The molecule has 0 spiro atoms. The van der Waals surface area contributed by atoms with Crippen molar-refractivity contribution in [2.75, 3.05) is 13.6 Å². The van der Waals surface area contributed by atoms with Crippen LogP contribution in [0.15, 0.2) is 66.4 Å². The molecule has 3 unspecified atom stereocenters. The Morgan fingerprint density at radius 1 is 1.19 bits per heavy atom. The molecule has 2 heterocycles. The second-order valence-electron chi connectivity index (χ2n) is 9.60. The number of carbonyl (C=O) groups excluding carboxylic acids is 1. The van der Waals surface area contributed by atoms with Crippen molar-refractivity contribution in [1.29, 1.82) is 0 Å². The van der Waals surface area contributed by atoms with Crippen molar-refractivity contribution in [2.45, 2.75) is 46.3 Å². The molecular formula is C28H34N2O2. The van der Waals surface area contributed by atoms with E-state index in [2.05, 4.69) is 63.9 Å². The lowest BCUT2D eigenvalue weighted by atomic mass is 9.75. The van der Waals surface area contributed by atoms with E-state index in [1.165, 1.54) is 11.1 Å². The maximum Gasteiger partial charge on any atom is 0.418 e. The monoisotopic (exact) mass is 430 g/mol. The van der Waals surface area contributed by atoms with E-state index < -0.39 is 0 Å². The highest BCUT2D eigenvalue weighted by atomic mass is 16.5. The Morgan fingerprint density at radius 2 is 1.94 bits per heavy atom. The molecule has 4 nitrogen and oxygen atoms in total. The van der Waals surface area contributed by atoms with Crippen molar-refractivity contribution >= 4 is 12.2 Å². The Hall–Kier alpha value is -2.85. The van der Waals surface area contributed by atoms with Gasteiger partial charge in [0.25, 0.3) is 0 Å². The highest BCUT2D eigenvalue weighted by molar-refractivity contribution is 5.76. The van der Waals surface area contributed by atoms with Gasteiger partial charge in [-0.25, -0.2) is 4.79 Å². The number of allylic oxidation sites excluding steroid dienone is 2. The second-order valence-corrected chi connectivity index (χ2v) is 9.60. The van der Waals surface area contributed by atoms with Gasteiger partial charge in [0.1, 0.15) is 6.61 Å². The third kappa shape index (κ3) is 4.24. The zero-order chi connectivity index (χ0) is 22.9. The number of aromatic nitrogens is 1. The molecule has 4 heteroatoms. The molecule has 1 aliphatic carbocycles. The third-order valence-electron chi connectivity index (χ3n) is 7.20. The zero-order valence-electron chi connectivity index (χ0n) is 19.8. The average Bonchev–Trinajstić information content (AvgIpc) is 3.00. The summed E-state index contributed by atoms with van der Waals surface area (Å²) in [5, 5.41) is 0. The molecule has 0 amide bonds. The molecule has 0 fully saturated rings. The summed E-state index contributed by atoms with van der Waals surface area (Å²) in [6, 6.07) is 9.80. The molecule has 2 bridgehead atoms. The van der Waals surface area contributed by atoms with Crippen LogP contribution >= 0.6 is 0 Å². The highest BCUT2D eigenvalue weighted by Gasteiger charge is 2.40. The van der Waals surface area contributed by atoms with Crippen molar-refractivity contribution in [1.82, 2.24) is 9.47 Å². The van der Waals surface area contributed by atoms with E-state index in [0.717, 1.165) is 29.8 Å². The molecule has 168 valence electrons. The summed E-state index contributed by atoms with van der Waals surface area (Å²) in [6.45, 7) is 10.2. The van der Waals surface area contributed by atoms with Crippen molar-refractivity contribution < 1.29 is 9.53 Å². The molecule has 0 saturated heterocycles. The average molecular weight is 431 g/mol. The number of hydrogen-bond acceptors (Lipinski definition) is 3. The van der Waals surface area contributed by atoms with Gasteiger partial charge in [0.2, 0.25) is 0 Å². The number of hydrogen-bond donors (Lipinski definition) is 0. The maximum absolute atomic E-state index is 13.0. The molecule has 4 rings (SSSR count). The fourth-order valence-corrected chi connectivity index (χ4v) is 5.11.